The highest BCUT2D eigenvalue weighted by molar-refractivity contribution is 5.80. The van der Waals surface area contributed by atoms with Gasteiger partial charge in [-0.05, 0) is 31.0 Å². The van der Waals surface area contributed by atoms with Crippen LogP contribution in [0.5, 0.6) is 5.75 Å². The van der Waals surface area contributed by atoms with E-state index in [0.29, 0.717) is 13.0 Å². The van der Waals surface area contributed by atoms with Crippen LogP contribution in [0.1, 0.15) is 24.9 Å². The van der Waals surface area contributed by atoms with E-state index >= 15 is 0 Å². The van der Waals surface area contributed by atoms with Crippen LogP contribution < -0.4 is 10.1 Å². The number of hydrogen-bond donors (Lipinski definition) is 1. The zero-order valence-electron chi connectivity index (χ0n) is 13.0. The molecule has 1 aromatic rings. The molecule has 1 fully saturated rings. The van der Waals surface area contributed by atoms with Crippen LogP contribution in [-0.4, -0.2) is 38.8 Å². The molecule has 0 aromatic heterocycles. The summed E-state index contributed by atoms with van der Waals surface area (Å²) in [5.74, 6) is -0.362. The lowest BCUT2D eigenvalue weighted by Gasteiger charge is -2.18. The van der Waals surface area contributed by atoms with Crippen molar-refractivity contribution in [3.8, 4) is 5.75 Å². The first-order valence-corrected chi connectivity index (χ1v) is 7.25. The molecule has 1 aliphatic heterocycles. The molecule has 0 bridgehead atoms. The molecule has 1 heterocycles. The number of benzene rings is 1. The fourth-order valence-corrected chi connectivity index (χ4v) is 2.72. The molecule has 22 heavy (non-hydrogen) atoms. The van der Waals surface area contributed by atoms with Gasteiger partial charge in [0.05, 0.1) is 26.7 Å². The molecule has 3 atom stereocenters. The number of rotatable bonds is 5. The average Bonchev–Trinajstić information content (AvgIpc) is 3.00. The number of methoxy groups -OCH3 is 2. The second-order valence-electron chi connectivity index (χ2n) is 5.09. The van der Waals surface area contributed by atoms with Crippen LogP contribution in [0.15, 0.2) is 24.3 Å². The molecule has 0 spiro atoms. The van der Waals surface area contributed by atoms with Gasteiger partial charge in [-0.3, -0.25) is 14.9 Å². The van der Waals surface area contributed by atoms with Gasteiger partial charge in [0, 0.05) is 6.04 Å². The third-order valence-electron chi connectivity index (χ3n) is 3.82. The summed E-state index contributed by atoms with van der Waals surface area (Å²) in [4.78, 5) is 23.9. The summed E-state index contributed by atoms with van der Waals surface area (Å²) in [5.41, 5.74) is 0.906. The zero-order chi connectivity index (χ0) is 16.1. The average molecular weight is 307 g/mol. The van der Waals surface area contributed by atoms with E-state index in [1.165, 1.54) is 7.11 Å². The van der Waals surface area contributed by atoms with Crippen molar-refractivity contribution < 1.29 is 23.8 Å². The summed E-state index contributed by atoms with van der Waals surface area (Å²) in [7, 11) is 2.95. The van der Waals surface area contributed by atoms with Crippen molar-refractivity contribution >= 4 is 11.9 Å². The minimum atomic E-state index is -0.504. The molecule has 0 radical (unpaired) electrons. The molecular weight excluding hydrogens is 286 g/mol. The fourth-order valence-electron chi connectivity index (χ4n) is 2.72. The zero-order valence-corrected chi connectivity index (χ0v) is 13.0. The Morgan fingerprint density at radius 1 is 1.18 bits per heavy atom. The normalized spacial score (nSPS) is 23.9. The lowest BCUT2D eigenvalue weighted by molar-refractivity contribution is -0.146. The second kappa shape index (κ2) is 7.26. The molecule has 0 aliphatic carbocycles. The van der Waals surface area contributed by atoms with E-state index in [9.17, 15) is 9.59 Å². The third kappa shape index (κ3) is 3.39. The van der Waals surface area contributed by atoms with Crippen LogP contribution >= 0.6 is 0 Å². The van der Waals surface area contributed by atoms with Gasteiger partial charge < -0.3 is 14.2 Å². The van der Waals surface area contributed by atoms with E-state index in [4.69, 9.17) is 14.2 Å². The van der Waals surface area contributed by atoms with Crippen molar-refractivity contribution in [3.05, 3.63) is 29.8 Å². The Morgan fingerprint density at radius 2 is 1.86 bits per heavy atom. The van der Waals surface area contributed by atoms with Crippen molar-refractivity contribution in [1.82, 2.24) is 5.32 Å². The maximum absolute atomic E-state index is 12.0. The first-order valence-electron chi connectivity index (χ1n) is 7.25. The SMILES string of the molecule is CCOC(=O)[C@@H]1C[C@H](C(=O)OC)[C@H](c2ccc(OC)cc2)N1. The highest BCUT2D eigenvalue weighted by Gasteiger charge is 2.43. The van der Waals surface area contributed by atoms with Gasteiger partial charge in [-0.15, -0.1) is 0 Å². The van der Waals surface area contributed by atoms with Crippen LogP contribution in [0, 0.1) is 5.92 Å². The fraction of sp³-hybridized carbons (Fsp3) is 0.500. The highest BCUT2D eigenvalue weighted by atomic mass is 16.5. The Balaban J connectivity index is 2.21. The summed E-state index contributed by atoms with van der Waals surface area (Å²) in [6, 6.07) is 6.61. The van der Waals surface area contributed by atoms with Crippen molar-refractivity contribution in [2.24, 2.45) is 5.92 Å². The van der Waals surface area contributed by atoms with E-state index in [-0.39, 0.29) is 18.0 Å². The number of esters is 2. The molecule has 6 nitrogen and oxygen atoms in total. The van der Waals surface area contributed by atoms with Gasteiger partial charge in [-0.2, -0.15) is 0 Å². The standard InChI is InChI=1S/C16H21NO5/c1-4-22-16(19)13-9-12(15(18)21-3)14(17-13)10-5-7-11(20-2)8-6-10/h5-8,12-14,17H,4,9H2,1-3H3/t12-,13-,14-/m0/s1. The number of hydrogen-bond acceptors (Lipinski definition) is 6. The number of carbonyl (C=O) groups excluding carboxylic acids is 2. The predicted octanol–water partition coefficient (Wildman–Crippen LogP) is 1.45. The summed E-state index contributed by atoms with van der Waals surface area (Å²) < 4.78 is 15.0. The first kappa shape index (κ1) is 16.3. The van der Waals surface area contributed by atoms with E-state index in [1.807, 2.05) is 24.3 Å². The Labute approximate surface area is 129 Å². The minimum absolute atomic E-state index is 0.284. The minimum Gasteiger partial charge on any atom is -0.497 e. The summed E-state index contributed by atoms with van der Waals surface area (Å²) in [6.07, 6.45) is 0.363. The molecule has 1 aromatic carbocycles. The van der Waals surface area contributed by atoms with Gasteiger partial charge in [0.15, 0.2) is 0 Å². The molecule has 1 N–H and O–H groups in total. The molecule has 2 rings (SSSR count). The largest absolute Gasteiger partial charge is 0.497 e. The van der Waals surface area contributed by atoms with Crippen LogP contribution in [0.2, 0.25) is 0 Å². The van der Waals surface area contributed by atoms with Crippen LogP contribution in [0.3, 0.4) is 0 Å². The topological polar surface area (TPSA) is 73.9 Å². The van der Waals surface area contributed by atoms with Gasteiger partial charge in [0.25, 0.3) is 0 Å². The Hall–Kier alpha value is -2.08. The molecule has 0 saturated carbocycles. The molecule has 0 unspecified atom stereocenters. The van der Waals surface area contributed by atoms with E-state index in [1.54, 1.807) is 14.0 Å². The summed E-state index contributed by atoms with van der Waals surface area (Å²) >= 11 is 0. The maximum atomic E-state index is 12.0. The Kier molecular flexibility index (Phi) is 5.38. The first-order chi connectivity index (χ1) is 10.6. The highest BCUT2D eigenvalue weighted by Crippen LogP contribution is 2.34. The van der Waals surface area contributed by atoms with Crippen molar-refractivity contribution in [2.75, 3.05) is 20.8 Å². The molecule has 6 heteroatoms. The van der Waals surface area contributed by atoms with E-state index in [0.717, 1.165) is 11.3 Å². The molecule has 0 amide bonds. The molecule has 1 aliphatic rings. The van der Waals surface area contributed by atoms with E-state index in [2.05, 4.69) is 5.32 Å². The van der Waals surface area contributed by atoms with Crippen LogP contribution in [0.4, 0.5) is 0 Å². The Bertz CT molecular complexity index is 528. The third-order valence-corrected chi connectivity index (χ3v) is 3.82. The lowest BCUT2D eigenvalue weighted by atomic mass is 9.93. The monoisotopic (exact) mass is 307 g/mol. The van der Waals surface area contributed by atoms with Gasteiger partial charge >= 0.3 is 11.9 Å². The number of ether oxygens (including phenoxy) is 3. The number of carbonyl (C=O) groups is 2. The predicted molar refractivity (Wildman–Crippen MR) is 79.4 cm³/mol. The van der Waals surface area contributed by atoms with Gasteiger partial charge in [-0.1, -0.05) is 12.1 Å². The van der Waals surface area contributed by atoms with Crippen molar-refractivity contribution in [2.45, 2.75) is 25.4 Å². The quantitative estimate of drug-likeness (QED) is 0.830. The smallest absolute Gasteiger partial charge is 0.323 e. The second-order valence-corrected chi connectivity index (χ2v) is 5.09. The molecule has 1 saturated heterocycles. The van der Waals surface area contributed by atoms with Crippen molar-refractivity contribution in [3.63, 3.8) is 0 Å². The van der Waals surface area contributed by atoms with Gasteiger partial charge in [-0.25, -0.2) is 0 Å². The molecular formula is C16H21NO5. The number of nitrogens with one attached hydrogen (secondary N) is 1. The lowest BCUT2D eigenvalue weighted by Crippen LogP contribution is -2.33. The Morgan fingerprint density at radius 3 is 2.41 bits per heavy atom. The van der Waals surface area contributed by atoms with Crippen molar-refractivity contribution in [1.29, 1.82) is 0 Å². The van der Waals surface area contributed by atoms with Crippen LogP contribution in [-0.2, 0) is 19.1 Å². The van der Waals surface area contributed by atoms with Gasteiger partial charge in [0.1, 0.15) is 11.8 Å². The summed E-state index contributed by atoms with van der Waals surface area (Å²) in [5, 5.41) is 3.18. The molecule has 120 valence electrons. The van der Waals surface area contributed by atoms with Gasteiger partial charge in [0.2, 0.25) is 0 Å². The maximum Gasteiger partial charge on any atom is 0.323 e. The van der Waals surface area contributed by atoms with Crippen LogP contribution in [0.25, 0.3) is 0 Å². The summed E-state index contributed by atoms with van der Waals surface area (Å²) in [6.45, 7) is 2.07. The van der Waals surface area contributed by atoms with E-state index < -0.39 is 12.0 Å².